The molecule has 0 unspecified atom stereocenters. The topological polar surface area (TPSA) is 55.6 Å². The van der Waals surface area contributed by atoms with Gasteiger partial charge in [-0.15, -0.1) is 0 Å². The van der Waals surface area contributed by atoms with Gasteiger partial charge in [0.2, 0.25) is 5.91 Å². The van der Waals surface area contributed by atoms with Gasteiger partial charge in [-0.2, -0.15) is 11.8 Å². The third kappa shape index (κ3) is 4.11. The highest BCUT2D eigenvalue weighted by Crippen LogP contribution is 2.23. The van der Waals surface area contributed by atoms with Crippen molar-refractivity contribution in [3.63, 3.8) is 0 Å². The number of thioether (sulfide) groups is 1. The van der Waals surface area contributed by atoms with Crippen LogP contribution in [0.2, 0.25) is 0 Å². The Morgan fingerprint density at radius 1 is 1.58 bits per heavy atom. The molecule has 0 radical (unpaired) electrons. The monoisotopic (exact) mass is 286 g/mol. The van der Waals surface area contributed by atoms with Crippen LogP contribution in [0.3, 0.4) is 0 Å². The lowest BCUT2D eigenvalue weighted by Gasteiger charge is -2.21. The van der Waals surface area contributed by atoms with E-state index in [0.717, 1.165) is 5.75 Å². The fraction of sp³-hybridized carbons (Fsp3) is 0.462. The van der Waals surface area contributed by atoms with Gasteiger partial charge in [0.25, 0.3) is 0 Å². The number of carbonyl (C=O) groups is 1. The van der Waals surface area contributed by atoms with Gasteiger partial charge in [-0.3, -0.25) is 4.79 Å². The van der Waals surface area contributed by atoms with Gasteiger partial charge < -0.3 is 15.4 Å². The van der Waals surface area contributed by atoms with Crippen molar-refractivity contribution < 1.29 is 13.9 Å². The number of anilines is 1. The number of hydrogen-bond donors (Lipinski definition) is 1. The van der Waals surface area contributed by atoms with E-state index in [2.05, 4.69) is 0 Å². The number of nitrogens with two attached hydrogens (primary N) is 1. The molecule has 0 bridgehead atoms. The molecule has 0 heterocycles. The molecule has 4 nitrogen and oxygen atoms in total. The lowest BCUT2D eigenvalue weighted by Crippen LogP contribution is -2.42. The number of likely N-dealkylation sites (N-methyl/N-ethyl adjacent to an activating group) is 1. The first-order valence-corrected chi connectivity index (χ1v) is 7.26. The molecule has 0 fully saturated rings. The van der Waals surface area contributed by atoms with E-state index < -0.39 is 11.9 Å². The minimum Gasteiger partial charge on any atom is -0.494 e. The Balaban J connectivity index is 2.79. The molecule has 1 atom stereocenters. The third-order valence-corrected chi connectivity index (χ3v) is 3.45. The summed E-state index contributed by atoms with van der Waals surface area (Å²) in [6, 6.07) is 3.81. The average molecular weight is 286 g/mol. The first-order chi connectivity index (χ1) is 9.01. The molecule has 2 N–H and O–H groups in total. The Labute approximate surface area is 117 Å². The molecule has 0 aliphatic carbocycles. The van der Waals surface area contributed by atoms with Crippen LogP contribution in [0, 0.1) is 5.82 Å². The molecule has 0 spiro atoms. The molecule has 0 saturated carbocycles. The third-order valence-electron chi connectivity index (χ3n) is 2.80. The first-order valence-electron chi connectivity index (χ1n) is 5.87. The van der Waals surface area contributed by atoms with E-state index in [9.17, 15) is 9.18 Å². The van der Waals surface area contributed by atoms with E-state index >= 15 is 0 Å². The fourth-order valence-electron chi connectivity index (χ4n) is 1.61. The van der Waals surface area contributed by atoms with Crippen molar-refractivity contribution in [2.24, 2.45) is 5.73 Å². The predicted molar refractivity (Wildman–Crippen MR) is 77.3 cm³/mol. The molecule has 1 amide bonds. The van der Waals surface area contributed by atoms with Crippen LogP contribution in [-0.4, -0.2) is 38.1 Å². The molecule has 6 heteroatoms. The second kappa shape index (κ2) is 7.35. The Bertz CT molecular complexity index is 443. The number of amides is 1. The average Bonchev–Trinajstić information content (AvgIpc) is 2.42. The van der Waals surface area contributed by atoms with E-state index in [-0.39, 0.29) is 11.7 Å². The number of carbonyl (C=O) groups excluding carboxylic acids is 1. The van der Waals surface area contributed by atoms with Crippen LogP contribution >= 0.6 is 11.8 Å². The highest BCUT2D eigenvalue weighted by Gasteiger charge is 2.19. The van der Waals surface area contributed by atoms with Gasteiger partial charge >= 0.3 is 0 Å². The summed E-state index contributed by atoms with van der Waals surface area (Å²) in [4.78, 5) is 13.4. The van der Waals surface area contributed by atoms with Crippen molar-refractivity contribution in [1.82, 2.24) is 0 Å². The lowest BCUT2D eigenvalue weighted by molar-refractivity contribution is -0.119. The van der Waals surface area contributed by atoms with Crippen molar-refractivity contribution in [1.29, 1.82) is 0 Å². The van der Waals surface area contributed by atoms with Crippen LogP contribution in [0.4, 0.5) is 10.1 Å². The van der Waals surface area contributed by atoms with E-state index in [1.165, 1.54) is 24.1 Å². The van der Waals surface area contributed by atoms with E-state index in [1.54, 1.807) is 24.9 Å². The first kappa shape index (κ1) is 15.8. The summed E-state index contributed by atoms with van der Waals surface area (Å²) in [7, 11) is 2.98. The van der Waals surface area contributed by atoms with Gasteiger partial charge in [0, 0.05) is 18.8 Å². The Morgan fingerprint density at radius 2 is 2.26 bits per heavy atom. The quantitative estimate of drug-likeness (QED) is 0.867. The van der Waals surface area contributed by atoms with Gasteiger partial charge in [-0.1, -0.05) is 0 Å². The van der Waals surface area contributed by atoms with Crippen LogP contribution in [0.1, 0.15) is 6.42 Å². The summed E-state index contributed by atoms with van der Waals surface area (Å²) in [5, 5.41) is 0. The molecule has 1 aromatic carbocycles. The fourth-order valence-corrected chi connectivity index (χ4v) is 2.10. The maximum atomic E-state index is 13.6. The summed E-state index contributed by atoms with van der Waals surface area (Å²) in [5.41, 5.74) is 6.27. The van der Waals surface area contributed by atoms with Crippen molar-refractivity contribution >= 4 is 23.4 Å². The Hall–Kier alpha value is -1.27. The van der Waals surface area contributed by atoms with Crippen molar-refractivity contribution in [2.45, 2.75) is 12.5 Å². The number of halogens is 1. The second-order valence-electron chi connectivity index (χ2n) is 4.10. The van der Waals surface area contributed by atoms with Crippen LogP contribution in [0.15, 0.2) is 18.2 Å². The zero-order valence-corrected chi connectivity index (χ0v) is 12.2. The highest BCUT2D eigenvalue weighted by molar-refractivity contribution is 7.98. The van der Waals surface area contributed by atoms with E-state index in [0.29, 0.717) is 12.1 Å². The molecule has 106 valence electrons. The van der Waals surface area contributed by atoms with Gasteiger partial charge in [0.1, 0.15) is 0 Å². The molecular weight excluding hydrogens is 267 g/mol. The zero-order chi connectivity index (χ0) is 14.4. The molecule has 0 aliphatic rings. The number of hydrogen-bond acceptors (Lipinski definition) is 4. The number of benzene rings is 1. The highest BCUT2D eigenvalue weighted by atomic mass is 32.2. The largest absolute Gasteiger partial charge is 0.494 e. The summed E-state index contributed by atoms with van der Waals surface area (Å²) in [6.45, 7) is 0. The van der Waals surface area contributed by atoms with Crippen LogP contribution in [0.25, 0.3) is 0 Å². The van der Waals surface area contributed by atoms with Gasteiger partial charge in [-0.25, -0.2) is 4.39 Å². The molecule has 1 rings (SSSR count). The number of rotatable bonds is 6. The standard InChI is InChI=1S/C13H19FN2O2S/c1-16(13(17)11(15)6-7-19-3)9-4-5-12(18-2)10(14)8-9/h4-5,8,11H,6-7,15H2,1-3H3/t11-/m0/s1. The van der Waals surface area contributed by atoms with Gasteiger partial charge in [0.05, 0.1) is 13.2 Å². The predicted octanol–water partition coefficient (Wildman–Crippen LogP) is 1.88. The molecule has 1 aromatic rings. The summed E-state index contributed by atoms with van der Waals surface area (Å²) < 4.78 is 18.4. The van der Waals surface area contributed by atoms with Crippen LogP contribution < -0.4 is 15.4 Å². The van der Waals surface area contributed by atoms with Gasteiger partial charge in [-0.05, 0) is 30.6 Å². The minimum atomic E-state index is -0.567. The molecule has 0 saturated heterocycles. The smallest absolute Gasteiger partial charge is 0.243 e. The van der Waals surface area contributed by atoms with Gasteiger partial charge in [0.15, 0.2) is 11.6 Å². The normalized spacial score (nSPS) is 12.1. The molecule has 0 aliphatic heterocycles. The maximum absolute atomic E-state index is 13.6. The SMILES string of the molecule is COc1ccc(N(C)C(=O)[C@@H](N)CCSC)cc1F. The Kier molecular flexibility index (Phi) is 6.11. The number of ether oxygens (including phenoxy) is 1. The maximum Gasteiger partial charge on any atom is 0.243 e. The summed E-state index contributed by atoms with van der Waals surface area (Å²) in [6.07, 6.45) is 2.56. The molecule has 19 heavy (non-hydrogen) atoms. The van der Waals surface area contributed by atoms with Crippen LogP contribution in [-0.2, 0) is 4.79 Å². The minimum absolute atomic E-state index is 0.149. The van der Waals surface area contributed by atoms with Crippen molar-refractivity contribution in [3.05, 3.63) is 24.0 Å². The number of nitrogens with zero attached hydrogens (tertiary/aromatic N) is 1. The lowest BCUT2D eigenvalue weighted by atomic mass is 10.2. The second-order valence-corrected chi connectivity index (χ2v) is 5.09. The molecular formula is C13H19FN2O2S. The summed E-state index contributed by atoms with van der Waals surface area (Å²) in [5.74, 6) is 0.241. The van der Waals surface area contributed by atoms with Crippen molar-refractivity contribution in [3.8, 4) is 5.75 Å². The molecule has 0 aromatic heterocycles. The van der Waals surface area contributed by atoms with E-state index in [4.69, 9.17) is 10.5 Å². The van der Waals surface area contributed by atoms with E-state index in [1.807, 2.05) is 6.26 Å². The van der Waals surface area contributed by atoms with Crippen LogP contribution in [0.5, 0.6) is 5.75 Å². The zero-order valence-electron chi connectivity index (χ0n) is 11.4. The summed E-state index contributed by atoms with van der Waals surface area (Å²) >= 11 is 1.63. The Morgan fingerprint density at radius 3 is 2.79 bits per heavy atom. The number of methoxy groups -OCH3 is 1. The van der Waals surface area contributed by atoms with Crippen molar-refractivity contribution in [2.75, 3.05) is 31.1 Å².